The monoisotopic (exact) mass is 507 g/mol. The molecule has 1 heterocycles. The SMILES string of the molecule is COCCNC(=NCc1ccc([N+](=O)[O-])cc1)NCCCN1CCOCC1.I. The molecule has 1 aliphatic heterocycles. The van der Waals surface area contributed by atoms with Gasteiger partial charge in [-0.1, -0.05) is 12.1 Å². The van der Waals surface area contributed by atoms with Crippen LogP contribution < -0.4 is 10.6 Å². The zero-order valence-electron chi connectivity index (χ0n) is 16.3. The summed E-state index contributed by atoms with van der Waals surface area (Å²) >= 11 is 0. The van der Waals surface area contributed by atoms with Gasteiger partial charge in [0.2, 0.25) is 0 Å². The topological polar surface area (TPSA) is 101 Å². The minimum absolute atomic E-state index is 0. The summed E-state index contributed by atoms with van der Waals surface area (Å²) in [7, 11) is 1.66. The van der Waals surface area contributed by atoms with Crippen molar-refractivity contribution in [3.05, 3.63) is 39.9 Å². The van der Waals surface area contributed by atoms with Gasteiger partial charge in [0, 0.05) is 45.4 Å². The largest absolute Gasteiger partial charge is 0.383 e. The number of nitro benzene ring substituents is 1. The number of benzene rings is 1. The summed E-state index contributed by atoms with van der Waals surface area (Å²) in [5.74, 6) is 0.715. The number of guanidine groups is 1. The van der Waals surface area contributed by atoms with Crippen molar-refractivity contribution in [2.24, 2.45) is 4.99 Å². The molecule has 1 aliphatic rings. The van der Waals surface area contributed by atoms with Gasteiger partial charge in [0.25, 0.3) is 5.69 Å². The van der Waals surface area contributed by atoms with Crippen LogP contribution >= 0.6 is 24.0 Å². The fourth-order valence-corrected chi connectivity index (χ4v) is 2.67. The second-order valence-electron chi connectivity index (χ2n) is 6.24. The molecule has 1 fully saturated rings. The maximum Gasteiger partial charge on any atom is 0.269 e. The molecule has 10 heteroatoms. The fourth-order valence-electron chi connectivity index (χ4n) is 2.67. The van der Waals surface area contributed by atoms with Crippen LogP contribution in [0.1, 0.15) is 12.0 Å². The van der Waals surface area contributed by atoms with Crippen molar-refractivity contribution in [1.82, 2.24) is 15.5 Å². The van der Waals surface area contributed by atoms with Crippen molar-refractivity contribution in [2.75, 3.05) is 59.7 Å². The number of nitrogens with one attached hydrogen (secondary N) is 2. The van der Waals surface area contributed by atoms with E-state index in [0.29, 0.717) is 25.7 Å². The maximum atomic E-state index is 10.7. The van der Waals surface area contributed by atoms with E-state index in [1.54, 1.807) is 19.2 Å². The molecular formula is C18H30IN5O4. The van der Waals surface area contributed by atoms with E-state index in [1.807, 2.05) is 0 Å². The molecule has 9 nitrogen and oxygen atoms in total. The third kappa shape index (κ3) is 9.62. The molecule has 0 aliphatic carbocycles. The van der Waals surface area contributed by atoms with Crippen LogP contribution in [0.15, 0.2) is 29.3 Å². The third-order valence-corrected chi connectivity index (χ3v) is 4.21. The van der Waals surface area contributed by atoms with Gasteiger partial charge in [-0.2, -0.15) is 0 Å². The Kier molecular flexibility index (Phi) is 12.7. The van der Waals surface area contributed by atoms with Crippen LogP contribution in [-0.2, 0) is 16.0 Å². The quantitative estimate of drug-likeness (QED) is 0.124. The molecule has 158 valence electrons. The summed E-state index contributed by atoms with van der Waals surface area (Å²) < 4.78 is 10.4. The van der Waals surface area contributed by atoms with Crippen molar-refractivity contribution in [3.63, 3.8) is 0 Å². The minimum Gasteiger partial charge on any atom is -0.383 e. The van der Waals surface area contributed by atoms with Gasteiger partial charge in [-0.15, -0.1) is 24.0 Å². The normalized spacial score (nSPS) is 15.0. The molecule has 0 amide bonds. The Bertz CT molecular complexity index is 594. The van der Waals surface area contributed by atoms with Crippen LogP contribution in [0.4, 0.5) is 5.69 Å². The van der Waals surface area contributed by atoms with Gasteiger partial charge in [0.05, 0.1) is 31.3 Å². The van der Waals surface area contributed by atoms with E-state index in [1.165, 1.54) is 12.1 Å². The van der Waals surface area contributed by atoms with Crippen molar-refractivity contribution in [3.8, 4) is 0 Å². The summed E-state index contributed by atoms with van der Waals surface area (Å²) in [6, 6.07) is 6.46. The number of hydrogen-bond donors (Lipinski definition) is 2. The van der Waals surface area contributed by atoms with Crippen molar-refractivity contribution < 1.29 is 14.4 Å². The summed E-state index contributed by atoms with van der Waals surface area (Å²) in [5.41, 5.74) is 1.00. The van der Waals surface area contributed by atoms with Crippen molar-refractivity contribution >= 4 is 35.6 Å². The third-order valence-electron chi connectivity index (χ3n) is 4.21. The molecule has 2 rings (SSSR count). The Morgan fingerprint density at radius 3 is 2.57 bits per heavy atom. The lowest BCUT2D eigenvalue weighted by Crippen LogP contribution is -2.41. The molecule has 1 aromatic rings. The van der Waals surface area contributed by atoms with E-state index < -0.39 is 4.92 Å². The standard InChI is InChI=1S/C18H29N5O4.HI/c1-26-12-8-20-18(19-7-2-9-22-10-13-27-14-11-22)21-15-16-3-5-17(6-4-16)23(24)25;/h3-6H,2,7-15H2,1H3,(H2,19,20,21);1H. The number of nitro groups is 1. The molecule has 0 unspecified atom stereocenters. The molecule has 0 spiro atoms. The van der Waals surface area contributed by atoms with Crippen molar-refractivity contribution in [1.29, 1.82) is 0 Å². The Morgan fingerprint density at radius 2 is 1.93 bits per heavy atom. The van der Waals surface area contributed by atoms with E-state index in [-0.39, 0.29) is 29.7 Å². The number of hydrogen-bond acceptors (Lipinski definition) is 6. The van der Waals surface area contributed by atoms with Gasteiger partial charge in [0.15, 0.2) is 5.96 Å². The molecule has 1 saturated heterocycles. The number of methoxy groups -OCH3 is 1. The molecule has 28 heavy (non-hydrogen) atoms. The van der Waals surface area contributed by atoms with Gasteiger partial charge in [0.1, 0.15) is 0 Å². The Hall–Kier alpha value is -1.50. The summed E-state index contributed by atoms with van der Waals surface area (Å²) in [5, 5.41) is 17.3. The first kappa shape index (κ1) is 24.5. The molecule has 2 N–H and O–H groups in total. The van der Waals surface area contributed by atoms with Gasteiger partial charge >= 0.3 is 0 Å². The van der Waals surface area contributed by atoms with Crippen LogP contribution in [-0.4, -0.2) is 75.4 Å². The maximum absolute atomic E-state index is 10.7. The summed E-state index contributed by atoms with van der Waals surface area (Å²) in [6.07, 6.45) is 1.02. The first-order valence-corrected chi connectivity index (χ1v) is 9.23. The van der Waals surface area contributed by atoms with Gasteiger partial charge in [-0.05, 0) is 18.5 Å². The van der Waals surface area contributed by atoms with Crippen LogP contribution in [0.2, 0.25) is 0 Å². The van der Waals surface area contributed by atoms with Gasteiger partial charge in [-0.3, -0.25) is 15.0 Å². The Labute approximate surface area is 183 Å². The number of nitrogens with zero attached hydrogens (tertiary/aromatic N) is 3. The average Bonchev–Trinajstić information content (AvgIpc) is 2.70. The predicted molar refractivity (Wildman–Crippen MR) is 119 cm³/mol. The molecule has 0 saturated carbocycles. The molecule has 0 atom stereocenters. The molecular weight excluding hydrogens is 477 g/mol. The first-order valence-electron chi connectivity index (χ1n) is 9.23. The lowest BCUT2D eigenvalue weighted by Gasteiger charge is -2.26. The van der Waals surface area contributed by atoms with E-state index in [4.69, 9.17) is 9.47 Å². The molecule has 0 radical (unpaired) electrons. The van der Waals surface area contributed by atoms with Crippen LogP contribution in [0.5, 0.6) is 0 Å². The second kappa shape index (κ2) is 14.5. The van der Waals surface area contributed by atoms with E-state index in [0.717, 1.165) is 51.4 Å². The second-order valence-corrected chi connectivity index (χ2v) is 6.24. The highest BCUT2D eigenvalue weighted by molar-refractivity contribution is 14.0. The number of rotatable bonds is 10. The lowest BCUT2D eigenvalue weighted by atomic mass is 10.2. The van der Waals surface area contributed by atoms with Crippen LogP contribution in [0, 0.1) is 10.1 Å². The van der Waals surface area contributed by atoms with E-state index in [2.05, 4.69) is 20.5 Å². The Morgan fingerprint density at radius 1 is 1.25 bits per heavy atom. The molecule has 0 aromatic heterocycles. The highest BCUT2D eigenvalue weighted by atomic mass is 127. The number of morpholine rings is 1. The number of ether oxygens (including phenoxy) is 2. The van der Waals surface area contributed by atoms with Crippen molar-refractivity contribution in [2.45, 2.75) is 13.0 Å². The zero-order chi connectivity index (χ0) is 19.3. The highest BCUT2D eigenvalue weighted by Crippen LogP contribution is 2.12. The van der Waals surface area contributed by atoms with Gasteiger partial charge in [-0.25, -0.2) is 4.99 Å². The number of non-ortho nitro benzene ring substituents is 1. The van der Waals surface area contributed by atoms with Crippen LogP contribution in [0.3, 0.4) is 0 Å². The predicted octanol–water partition coefficient (Wildman–Crippen LogP) is 1.62. The minimum atomic E-state index is -0.402. The zero-order valence-corrected chi connectivity index (χ0v) is 18.6. The van der Waals surface area contributed by atoms with Crippen LogP contribution in [0.25, 0.3) is 0 Å². The number of aliphatic imine (C=N–C) groups is 1. The Balaban J connectivity index is 0.00000392. The lowest BCUT2D eigenvalue weighted by molar-refractivity contribution is -0.384. The van der Waals surface area contributed by atoms with E-state index >= 15 is 0 Å². The summed E-state index contributed by atoms with van der Waals surface area (Å²) in [4.78, 5) is 17.3. The fraction of sp³-hybridized carbons (Fsp3) is 0.611. The first-order chi connectivity index (χ1) is 13.2. The number of halogens is 1. The van der Waals surface area contributed by atoms with Gasteiger partial charge < -0.3 is 20.1 Å². The highest BCUT2D eigenvalue weighted by Gasteiger charge is 2.09. The van der Waals surface area contributed by atoms with E-state index in [9.17, 15) is 10.1 Å². The average molecular weight is 507 g/mol. The molecule has 1 aromatic carbocycles. The molecule has 0 bridgehead atoms. The smallest absolute Gasteiger partial charge is 0.269 e. The summed E-state index contributed by atoms with van der Waals surface area (Å²) in [6.45, 7) is 7.16.